The van der Waals surface area contributed by atoms with Gasteiger partial charge in [-0.25, -0.2) is 0 Å². The van der Waals surface area contributed by atoms with E-state index in [2.05, 4.69) is 39.3 Å². The van der Waals surface area contributed by atoms with Crippen LogP contribution in [0.25, 0.3) is 0 Å². The number of ketones is 1. The number of hydrogen-bond acceptors (Lipinski definition) is 7. The molecule has 0 aromatic rings. The van der Waals surface area contributed by atoms with Crippen LogP contribution in [0.15, 0.2) is 0 Å². The van der Waals surface area contributed by atoms with E-state index in [0.29, 0.717) is 0 Å². The second kappa shape index (κ2) is 85.7. The van der Waals surface area contributed by atoms with Gasteiger partial charge in [-0.05, 0) is 81.0 Å². The maximum Gasteiger partial charge on any atom is 0.126 e. The molecule has 0 aromatic carbocycles. The van der Waals surface area contributed by atoms with Crippen LogP contribution >= 0.6 is 11.8 Å². The Morgan fingerprint density at radius 1 is 0.885 bits per heavy atom. The highest BCUT2D eigenvalue weighted by Crippen LogP contribution is 1.70. The molecule has 0 heterocycles. The van der Waals surface area contributed by atoms with Crippen LogP contribution in [0.5, 0.6) is 0 Å². The molecule has 0 saturated carbocycles. The molecular formula is C19H53N3O3S. The maximum absolute atomic E-state index is 9.44. The van der Waals surface area contributed by atoms with Crippen molar-refractivity contribution >= 4 is 17.5 Å². The summed E-state index contributed by atoms with van der Waals surface area (Å²) in [7, 11) is 12.6. The minimum absolute atomic E-state index is 0.167. The summed E-state index contributed by atoms with van der Waals surface area (Å²) < 4.78 is 8.79. The lowest BCUT2D eigenvalue weighted by molar-refractivity contribution is -0.114. The molecule has 0 rings (SSSR count). The average molecular weight is 404 g/mol. The zero-order valence-corrected chi connectivity index (χ0v) is 21.3. The molecule has 0 bridgehead atoms. The van der Waals surface area contributed by atoms with Gasteiger partial charge in [0.15, 0.2) is 0 Å². The second-order valence-corrected chi connectivity index (χ2v) is 5.43. The molecule has 7 heteroatoms. The number of Topliss-reactive ketones (excluding diaryl/α,β-unsaturated/α-hetero) is 1. The molecule has 0 fully saturated rings. The van der Waals surface area contributed by atoms with E-state index in [1.807, 2.05) is 47.6 Å². The van der Waals surface area contributed by atoms with Gasteiger partial charge in [0.05, 0.1) is 0 Å². The van der Waals surface area contributed by atoms with Crippen molar-refractivity contribution in [2.75, 3.05) is 81.7 Å². The molecule has 3 N–H and O–H groups in total. The summed E-state index contributed by atoms with van der Waals surface area (Å²) in [6.45, 7) is 12.3. The first kappa shape index (κ1) is 44.9. The quantitative estimate of drug-likeness (QED) is 0.666. The Morgan fingerprint density at radius 2 is 1.08 bits per heavy atom. The number of rotatable bonds is 4. The van der Waals surface area contributed by atoms with E-state index in [-0.39, 0.29) is 5.78 Å². The van der Waals surface area contributed by atoms with Gasteiger partial charge in [0.2, 0.25) is 0 Å². The van der Waals surface area contributed by atoms with Crippen molar-refractivity contribution in [1.29, 1.82) is 0 Å². The van der Waals surface area contributed by atoms with Crippen LogP contribution in [0.4, 0.5) is 0 Å². The third-order valence-electron chi connectivity index (χ3n) is 1.14. The van der Waals surface area contributed by atoms with Crippen molar-refractivity contribution in [2.45, 2.75) is 41.0 Å². The van der Waals surface area contributed by atoms with Gasteiger partial charge >= 0.3 is 0 Å². The Hall–Kier alpha value is -0.180. The zero-order valence-electron chi connectivity index (χ0n) is 20.5. The predicted octanol–water partition coefficient (Wildman–Crippen LogP) is 3.17. The standard InChI is InChI=1S/C4H11N.C3H9N.C3H8O.C3H6O.C2H7N.C2H6O.C2H6S/c1-3-4-5-2;2*1-3-4-2;1-3(2)4;3*1-3-2/h5H,3-4H2,1-2H3;4H,3H2,1-2H3;3H2,1-2H3;1-2H3;3H,1-2H3;2*1-2H3. The molecule has 0 aromatic heterocycles. The number of methoxy groups -OCH3 is 2. The third kappa shape index (κ3) is 850. The van der Waals surface area contributed by atoms with E-state index in [9.17, 15) is 4.79 Å². The van der Waals surface area contributed by atoms with Crippen LogP contribution in [0, 0.1) is 0 Å². The lowest BCUT2D eigenvalue weighted by atomic mass is 10.5. The summed E-state index contributed by atoms with van der Waals surface area (Å²) in [6.07, 6.45) is 5.32. The topological polar surface area (TPSA) is 71.6 Å². The fourth-order valence-electron chi connectivity index (χ4n) is 0.250. The van der Waals surface area contributed by atoms with Crippen LogP contribution in [-0.2, 0) is 14.3 Å². The van der Waals surface area contributed by atoms with Crippen LogP contribution in [0.1, 0.15) is 41.0 Å². The van der Waals surface area contributed by atoms with E-state index in [1.54, 1.807) is 33.1 Å². The van der Waals surface area contributed by atoms with E-state index in [1.165, 1.54) is 20.3 Å². The third-order valence-corrected chi connectivity index (χ3v) is 1.14. The maximum atomic E-state index is 9.44. The molecule has 0 spiro atoms. The van der Waals surface area contributed by atoms with Crippen LogP contribution in [0.2, 0.25) is 0 Å². The number of hydrogen-bond donors (Lipinski definition) is 3. The monoisotopic (exact) mass is 403 g/mol. The molecule has 0 atom stereocenters. The van der Waals surface area contributed by atoms with Crippen molar-refractivity contribution in [3.8, 4) is 0 Å². The summed E-state index contributed by atoms with van der Waals surface area (Å²) in [5, 5.41) is 8.70. The Kier molecular flexibility index (Phi) is 148. The van der Waals surface area contributed by atoms with Gasteiger partial charge in [-0.3, -0.25) is 0 Å². The van der Waals surface area contributed by atoms with Gasteiger partial charge < -0.3 is 30.2 Å². The van der Waals surface area contributed by atoms with Gasteiger partial charge in [0.25, 0.3) is 0 Å². The van der Waals surface area contributed by atoms with E-state index in [0.717, 1.165) is 19.7 Å². The highest BCUT2D eigenvalue weighted by molar-refractivity contribution is 7.97. The normalized spacial score (nSPS) is 7.00. The van der Waals surface area contributed by atoms with E-state index in [4.69, 9.17) is 0 Å². The number of carbonyl (C=O) groups is 1. The first-order valence-corrected chi connectivity index (χ1v) is 10.5. The number of carbonyl (C=O) groups excluding carboxylic acids is 1. The summed E-state index contributed by atoms with van der Waals surface area (Å²) in [6, 6.07) is 0. The zero-order chi connectivity index (χ0) is 22.6. The van der Waals surface area contributed by atoms with Gasteiger partial charge in [0, 0.05) is 27.9 Å². The largest absolute Gasteiger partial charge is 0.388 e. The van der Waals surface area contributed by atoms with E-state index < -0.39 is 0 Å². The summed E-state index contributed by atoms with van der Waals surface area (Å²) in [5.41, 5.74) is 0. The summed E-state index contributed by atoms with van der Waals surface area (Å²) in [4.78, 5) is 9.44. The number of ether oxygens (including phenoxy) is 2. The molecule has 0 aliphatic heterocycles. The van der Waals surface area contributed by atoms with Crippen molar-refractivity contribution in [2.24, 2.45) is 0 Å². The smallest absolute Gasteiger partial charge is 0.126 e. The second-order valence-electron chi connectivity index (χ2n) is 4.61. The Bertz CT molecular complexity index is 137. The molecule has 0 aliphatic rings. The van der Waals surface area contributed by atoms with Gasteiger partial charge in [-0.2, -0.15) is 11.8 Å². The summed E-state index contributed by atoms with van der Waals surface area (Å²) in [5.74, 6) is 0.167. The van der Waals surface area contributed by atoms with Crippen molar-refractivity contribution in [3.05, 3.63) is 0 Å². The molecule has 0 amide bonds. The predicted molar refractivity (Wildman–Crippen MR) is 125 cm³/mol. The number of thioether (sulfide) groups is 1. The molecule has 0 saturated heterocycles. The van der Waals surface area contributed by atoms with Gasteiger partial charge in [0.1, 0.15) is 5.78 Å². The van der Waals surface area contributed by atoms with Crippen molar-refractivity contribution in [3.63, 3.8) is 0 Å². The van der Waals surface area contributed by atoms with Crippen molar-refractivity contribution < 1.29 is 14.3 Å². The molecule has 0 radical (unpaired) electrons. The minimum atomic E-state index is 0.167. The van der Waals surface area contributed by atoms with Crippen LogP contribution in [0.3, 0.4) is 0 Å². The highest BCUT2D eigenvalue weighted by Gasteiger charge is 1.64. The fraction of sp³-hybridized carbons (Fsp3) is 0.947. The van der Waals surface area contributed by atoms with Crippen LogP contribution < -0.4 is 16.0 Å². The molecule has 26 heavy (non-hydrogen) atoms. The summed E-state index contributed by atoms with van der Waals surface area (Å²) >= 11 is 1.75. The molecule has 0 aliphatic carbocycles. The average Bonchev–Trinajstić information content (AvgIpc) is 2.58. The molecule has 0 unspecified atom stereocenters. The highest BCUT2D eigenvalue weighted by atomic mass is 32.2. The lowest BCUT2D eigenvalue weighted by Crippen LogP contribution is -2.04. The first-order chi connectivity index (χ1) is 12.2. The Labute approximate surface area is 171 Å². The Morgan fingerprint density at radius 3 is 1.08 bits per heavy atom. The lowest BCUT2D eigenvalue weighted by Gasteiger charge is -1.84. The molecule has 168 valence electrons. The molecule has 6 nitrogen and oxygen atoms in total. The van der Waals surface area contributed by atoms with Crippen molar-refractivity contribution in [1.82, 2.24) is 16.0 Å². The number of nitrogens with one attached hydrogen (secondary N) is 3. The SMILES string of the molecule is CC(C)=O.CCCNC.CCNC.CCOC.CNC.COC.CSC. The van der Waals surface area contributed by atoms with E-state index >= 15 is 0 Å². The fourth-order valence-corrected chi connectivity index (χ4v) is 0.250. The Balaban J connectivity index is -0.0000000327. The van der Waals surface area contributed by atoms with Gasteiger partial charge in [-0.1, -0.05) is 13.8 Å². The molecular weight excluding hydrogens is 350 g/mol. The van der Waals surface area contributed by atoms with Crippen LogP contribution in [-0.4, -0.2) is 87.5 Å². The van der Waals surface area contributed by atoms with Gasteiger partial charge in [-0.15, -0.1) is 0 Å². The first-order valence-electron chi connectivity index (χ1n) is 8.86. The minimum Gasteiger partial charge on any atom is -0.388 e.